The summed E-state index contributed by atoms with van der Waals surface area (Å²) in [7, 11) is 0. The van der Waals surface area contributed by atoms with Gasteiger partial charge in [0.2, 0.25) is 0 Å². The molecule has 0 unspecified atom stereocenters. The maximum absolute atomic E-state index is 12.7. The van der Waals surface area contributed by atoms with Crippen LogP contribution >= 0.6 is 11.6 Å². The molecule has 25 heavy (non-hydrogen) atoms. The molecule has 0 spiro atoms. The van der Waals surface area contributed by atoms with E-state index in [1.807, 2.05) is 0 Å². The number of ketones is 1. The first-order chi connectivity index (χ1) is 12.1. The maximum atomic E-state index is 12.7. The largest absolute Gasteiger partial charge is 0.494 e. The number of carbonyl (C=O) groups excluding carboxylic acids is 2. The average Bonchev–Trinajstić information content (AvgIpc) is 2.67. The summed E-state index contributed by atoms with van der Waals surface area (Å²) in [5, 5.41) is 3.29. The van der Waals surface area contributed by atoms with E-state index >= 15 is 0 Å². The summed E-state index contributed by atoms with van der Waals surface area (Å²) in [5.41, 5.74) is 1.10. The van der Waals surface area contributed by atoms with E-state index in [4.69, 9.17) is 21.1 Å². The Morgan fingerprint density at radius 3 is 2.40 bits per heavy atom. The van der Waals surface area contributed by atoms with Crippen molar-refractivity contribution in [1.29, 1.82) is 0 Å². The van der Waals surface area contributed by atoms with Crippen LogP contribution in [-0.2, 0) is 9.47 Å². The van der Waals surface area contributed by atoms with E-state index in [2.05, 4.69) is 5.32 Å². The lowest BCUT2D eigenvalue weighted by Crippen LogP contribution is -2.29. The molecule has 5 nitrogen and oxygen atoms in total. The molecule has 128 valence electrons. The lowest BCUT2D eigenvalue weighted by molar-refractivity contribution is 0.0774. The van der Waals surface area contributed by atoms with Gasteiger partial charge in [0.25, 0.3) is 5.91 Å². The standard InChI is InChI=1S/C19H16ClNO4/c20-14-7-5-13(6-8-14)18(22)16-3-1-2-4-17(16)19(23)21-11-15-12-24-9-10-25-15/h1-8,12H,9-11H2,(H,21,23). The second-order valence-corrected chi connectivity index (χ2v) is 5.80. The summed E-state index contributed by atoms with van der Waals surface area (Å²) < 4.78 is 10.5. The number of benzene rings is 2. The minimum atomic E-state index is -0.354. The highest BCUT2D eigenvalue weighted by Gasteiger charge is 2.18. The molecule has 1 aliphatic heterocycles. The fraction of sp³-hybridized carbons (Fsp3) is 0.158. The SMILES string of the molecule is O=C(NCC1=COCCO1)c1ccccc1C(=O)c1ccc(Cl)cc1. The number of amides is 1. The van der Waals surface area contributed by atoms with E-state index in [-0.39, 0.29) is 18.2 Å². The fourth-order valence-electron chi connectivity index (χ4n) is 2.40. The summed E-state index contributed by atoms with van der Waals surface area (Å²) >= 11 is 5.86. The van der Waals surface area contributed by atoms with E-state index in [0.717, 1.165) is 0 Å². The molecule has 0 saturated heterocycles. The number of ether oxygens (including phenoxy) is 2. The summed E-state index contributed by atoms with van der Waals surface area (Å²) in [6, 6.07) is 13.2. The fourth-order valence-corrected chi connectivity index (χ4v) is 2.52. The van der Waals surface area contributed by atoms with Crippen molar-refractivity contribution < 1.29 is 19.1 Å². The van der Waals surface area contributed by atoms with Gasteiger partial charge < -0.3 is 14.8 Å². The molecule has 3 rings (SSSR count). The summed E-state index contributed by atoms with van der Waals surface area (Å²) in [6.45, 7) is 1.14. The monoisotopic (exact) mass is 357 g/mol. The van der Waals surface area contributed by atoms with Gasteiger partial charge in [0.15, 0.2) is 5.78 Å². The third-order valence-corrected chi connectivity index (χ3v) is 3.90. The van der Waals surface area contributed by atoms with Crippen LogP contribution in [-0.4, -0.2) is 31.4 Å². The third-order valence-electron chi connectivity index (χ3n) is 3.65. The first-order valence-electron chi connectivity index (χ1n) is 7.76. The number of rotatable bonds is 5. The Morgan fingerprint density at radius 2 is 1.72 bits per heavy atom. The van der Waals surface area contributed by atoms with Gasteiger partial charge in [-0.1, -0.05) is 29.8 Å². The lowest BCUT2D eigenvalue weighted by Gasteiger charge is -2.16. The number of nitrogens with one attached hydrogen (secondary N) is 1. The normalized spacial score (nSPS) is 13.2. The number of hydrogen-bond donors (Lipinski definition) is 1. The molecule has 2 aromatic carbocycles. The van der Waals surface area contributed by atoms with Crippen LogP contribution in [0.5, 0.6) is 0 Å². The zero-order chi connectivity index (χ0) is 17.6. The smallest absolute Gasteiger partial charge is 0.252 e. The average molecular weight is 358 g/mol. The highest BCUT2D eigenvalue weighted by atomic mass is 35.5. The topological polar surface area (TPSA) is 64.6 Å². The highest BCUT2D eigenvalue weighted by Crippen LogP contribution is 2.17. The number of hydrogen-bond acceptors (Lipinski definition) is 4. The van der Waals surface area contributed by atoms with E-state index < -0.39 is 0 Å². The predicted molar refractivity (Wildman–Crippen MR) is 93.6 cm³/mol. The van der Waals surface area contributed by atoms with Gasteiger partial charge in [-0.25, -0.2) is 0 Å². The molecular weight excluding hydrogens is 342 g/mol. The molecule has 1 aliphatic rings. The third kappa shape index (κ3) is 4.19. The van der Waals surface area contributed by atoms with Crippen molar-refractivity contribution in [3.63, 3.8) is 0 Å². The molecular formula is C19H16ClNO4. The Morgan fingerprint density at radius 1 is 1.00 bits per heavy atom. The van der Waals surface area contributed by atoms with Crippen molar-refractivity contribution in [2.24, 2.45) is 0 Å². The zero-order valence-corrected chi connectivity index (χ0v) is 14.1. The molecule has 0 bridgehead atoms. The molecule has 1 N–H and O–H groups in total. The number of carbonyl (C=O) groups is 2. The van der Waals surface area contributed by atoms with Crippen LogP contribution in [0.2, 0.25) is 5.02 Å². The Labute approximate surface area is 150 Å². The van der Waals surface area contributed by atoms with Gasteiger partial charge in [-0.3, -0.25) is 9.59 Å². The second-order valence-electron chi connectivity index (χ2n) is 5.37. The minimum Gasteiger partial charge on any atom is -0.494 e. The minimum absolute atomic E-state index is 0.197. The van der Waals surface area contributed by atoms with Crippen LogP contribution < -0.4 is 5.32 Å². The highest BCUT2D eigenvalue weighted by molar-refractivity contribution is 6.30. The number of halogens is 1. The van der Waals surface area contributed by atoms with Gasteiger partial charge >= 0.3 is 0 Å². The summed E-state index contributed by atoms with van der Waals surface area (Å²) in [5.74, 6) is -0.0482. The van der Waals surface area contributed by atoms with E-state index in [9.17, 15) is 9.59 Å². The molecule has 1 heterocycles. The van der Waals surface area contributed by atoms with Gasteiger partial charge in [0.05, 0.1) is 12.1 Å². The van der Waals surface area contributed by atoms with Gasteiger partial charge in [-0.15, -0.1) is 0 Å². The zero-order valence-electron chi connectivity index (χ0n) is 13.3. The van der Waals surface area contributed by atoms with Crippen molar-refractivity contribution in [2.45, 2.75) is 0 Å². The molecule has 0 aromatic heterocycles. The van der Waals surface area contributed by atoms with Gasteiger partial charge in [0.1, 0.15) is 25.2 Å². The van der Waals surface area contributed by atoms with Crippen molar-refractivity contribution >= 4 is 23.3 Å². The quantitative estimate of drug-likeness (QED) is 0.835. The Bertz CT molecular complexity index is 814. The summed E-state index contributed by atoms with van der Waals surface area (Å²) in [4.78, 5) is 25.2. The Balaban J connectivity index is 1.77. The van der Waals surface area contributed by atoms with Crippen molar-refractivity contribution in [3.8, 4) is 0 Å². The molecule has 0 atom stereocenters. The lowest BCUT2D eigenvalue weighted by atomic mass is 9.98. The molecule has 0 aliphatic carbocycles. The first-order valence-corrected chi connectivity index (χ1v) is 8.14. The van der Waals surface area contributed by atoms with Gasteiger partial charge in [-0.2, -0.15) is 0 Å². The Kier molecular flexibility index (Phi) is 5.36. The molecule has 0 saturated carbocycles. The van der Waals surface area contributed by atoms with Crippen LogP contribution in [0.1, 0.15) is 26.3 Å². The Hall–Kier alpha value is -2.79. The second kappa shape index (κ2) is 7.85. The van der Waals surface area contributed by atoms with Crippen LogP contribution in [0.3, 0.4) is 0 Å². The van der Waals surface area contributed by atoms with Crippen molar-refractivity contribution in [1.82, 2.24) is 5.32 Å². The first kappa shape index (κ1) is 17.0. The van der Waals surface area contributed by atoms with Crippen LogP contribution in [0.4, 0.5) is 0 Å². The van der Waals surface area contributed by atoms with Gasteiger partial charge in [0, 0.05) is 16.1 Å². The van der Waals surface area contributed by atoms with Crippen LogP contribution in [0.25, 0.3) is 0 Å². The molecule has 2 aromatic rings. The van der Waals surface area contributed by atoms with Gasteiger partial charge in [-0.05, 0) is 30.3 Å². The van der Waals surface area contributed by atoms with E-state index in [0.29, 0.717) is 40.7 Å². The molecule has 0 radical (unpaired) electrons. The van der Waals surface area contributed by atoms with E-state index in [1.54, 1.807) is 48.5 Å². The van der Waals surface area contributed by atoms with Crippen molar-refractivity contribution in [3.05, 3.63) is 82.3 Å². The molecule has 1 amide bonds. The van der Waals surface area contributed by atoms with E-state index in [1.165, 1.54) is 6.26 Å². The molecule has 0 fully saturated rings. The maximum Gasteiger partial charge on any atom is 0.252 e. The predicted octanol–water partition coefficient (Wildman–Crippen LogP) is 3.19. The van der Waals surface area contributed by atoms with Crippen LogP contribution in [0, 0.1) is 0 Å². The summed E-state index contributed by atoms with van der Waals surface area (Å²) in [6.07, 6.45) is 1.48. The van der Waals surface area contributed by atoms with Crippen LogP contribution in [0.15, 0.2) is 60.6 Å². The molecule has 6 heteroatoms. The van der Waals surface area contributed by atoms with Crippen molar-refractivity contribution in [2.75, 3.05) is 19.8 Å².